The Labute approximate surface area is 129 Å². The number of nitrogen functional groups attached to an aromatic ring is 1. The summed E-state index contributed by atoms with van der Waals surface area (Å²) in [6.45, 7) is 4.09. The van der Waals surface area contributed by atoms with E-state index in [4.69, 9.17) is 5.73 Å². The second-order valence-electron chi connectivity index (χ2n) is 6.21. The van der Waals surface area contributed by atoms with Crippen LogP contribution in [0.1, 0.15) is 54.1 Å². The SMILES string of the molecule is CC(C)c1cc2c(N)c(C(=O)NC3CC3)cnc2cc1CO. The van der Waals surface area contributed by atoms with Crippen LogP contribution in [-0.2, 0) is 6.61 Å². The maximum atomic E-state index is 12.2. The highest BCUT2D eigenvalue weighted by molar-refractivity contribution is 6.06. The molecule has 1 aliphatic rings. The van der Waals surface area contributed by atoms with Gasteiger partial charge in [0.2, 0.25) is 0 Å². The van der Waals surface area contributed by atoms with Crippen molar-refractivity contribution in [2.45, 2.75) is 45.3 Å². The lowest BCUT2D eigenvalue weighted by Crippen LogP contribution is -2.26. The van der Waals surface area contributed by atoms with Gasteiger partial charge in [0, 0.05) is 17.6 Å². The topological polar surface area (TPSA) is 88.2 Å². The van der Waals surface area contributed by atoms with Crippen molar-refractivity contribution in [1.29, 1.82) is 0 Å². The Morgan fingerprint density at radius 1 is 1.45 bits per heavy atom. The molecule has 2 aromatic rings. The lowest BCUT2D eigenvalue weighted by Gasteiger charge is -2.15. The third kappa shape index (κ3) is 2.64. The molecule has 1 saturated carbocycles. The van der Waals surface area contributed by atoms with E-state index in [0.29, 0.717) is 16.8 Å². The summed E-state index contributed by atoms with van der Waals surface area (Å²) in [5.41, 5.74) is 9.67. The number of nitrogens with two attached hydrogens (primary N) is 1. The van der Waals surface area contributed by atoms with Gasteiger partial charge in [0.05, 0.1) is 23.4 Å². The fourth-order valence-electron chi connectivity index (χ4n) is 2.67. The number of anilines is 1. The number of aromatic nitrogens is 1. The molecule has 3 rings (SSSR count). The van der Waals surface area contributed by atoms with Gasteiger partial charge in [-0.3, -0.25) is 9.78 Å². The molecule has 0 bridgehead atoms. The van der Waals surface area contributed by atoms with Crippen molar-refractivity contribution in [3.05, 3.63) is 35.0 Å². The molecule has 1 aliphatic carbocycles. The van der Waals surface area contributed by atoms with Gasteiger partial charge < -0.3 is 16.2 Å². The summed E-state index contributed by atoms with van der Waals surface area (Å²) in [6.07, 6.45) is 3.58. The Kier molecular flexibility index (Phi) is 3.74. The molecule has 1 fully saturated rings. The summed E-state index contributed by atoms with van der Waals surface area (Å²) < 4.78 is 0. The summed E-state index contributed by atoms with van der Waals surface area (Å²) in [5, 5.41) is 13.2. The number of nitrogens with zero attached hydrogens (tertiary/aromatic N) is 1. The van der Waals surface area contributed by atoms with E-state index in [2.05, 4.69) is 24.1 Å². The Morgan fingerprint density at radius 3 is 2.77 bits per heavy atom. The molecule has 0 atom stereocenters. The summed E-state index contributed by atoms with van der Waals surface area (Å²) in [5.74, 6) is 0.0987. The van der Waals surface area contributed by atoms with Gasteiger partial charge in [-0.25, -0.2) is 0 Å². The summed E-state index contributed by atoms with van der Waals surface area (Å²) in [4.78, 5) is 16.6. The van der Waals surface area contributed by atoms with Crippen molar-refractivity contribution in [2.75, 3.05) is 5.73 Å². The molecule has 22 heavy (non-hydrogen) atoms. The Bertz CT molecular complexity index is 736. The first-order valence-electron chi connectivity index (χ1n) is 7.64. The van der Waals surface area contributed by atoms with Crippen LogP contribution >= 0.6 is 0 Å². The fraction of sp³-hybridized carbons (Fsp3) is 0.412. The third-order valence-electron chi connectivity index (χ3n) is 4.12. The highest BCUT2D eigenvalue weighted by atomic mass is 16.3. The normalized spacial score (nSPS) is 14.5. The first-order valence-corrected chi connectivity index (χ1v) is 7.64. The van der Waals surface area contributed by atoms with Gasteiger partial charge in [-0.1, -0.05) is 13.8 Å². The van der Waals surface area contributed by atoms with E-state index >= 15 is 0 Å². The second-order valence-corrected chi connectivity index (χ2v) is 6.21. The summed E-state index contributed by atoms with van der Waals surface area (Å²) >= 11 is 0. The number of benzene rings is 1. The maximum Gasteiger partial charge on any atom is 0.255 e. The highest BCUT2D eigenvalue weighted by Gasteiger charge is 2.25. The first-order chi connectivity index (χ1) is 10.5. The van der Waals surface area contributed by atoms with Gasteiger partial charge in [0.15, 0.2) is 0 Å². The molecule has 1 aromatic carbocycles. The second kappa shape index (κ2) is 5.57. The number of carbonyl (C=O) groups excluding carboxylic acids is 1. The molecule has 0 aliphatic heterocycles. The molecule has 1 heterocycles. The third-order valence-corrected chi connectivity index (χ3v) is 4.12. The monoisotopic (exact) mass is 299 g/mol. The maximum absolute atomic E-state index is 12.2. The Balaban J connectivity index is 2.10. The van der Waals surface area contributed by atoms with Crippen molar-refractivity contribution in [2.24, 2.45) is 0 Å². The zero-order valence-corrected chi connectivity index (χ0v) is 12.9. The number of nitrogens with one attached hydrogen (secondary N) is 1. The molecule has 4 N–H and O–H groups in total. The highest BCUT2D eigenvalue weighted by Crippen LogP contribution is 2.30. The molecule has 1 amide bonds. The van der Waals surface area contributed by atoms with Gasteiger partial charge in [-0.15, -0.1) is 0 Å². The van der Waals surface area contributed by atoms with Crippen molar-refractivity contribution in [1.82, 2.24) is 10.3 Å². The number of fused-ring (bicyclic) bond motifs is 1. The number of hydrogen-bond acceptors (Lipinski definition) is 4. The molecule has 0 spiro atoms. The smallest absolute Gasteiger partial charge is 0.255 e. The van der Waals surface area contributed by atoms with Crippen molar-refractivity contribution >= 4 is 22.5 Å². The van der Waals surface area contributed by atoms with Crippen LogP contribution in [-0.4, -0.2) is 22.0 Å². The van der Waals surface area contributed by atoms with Crippen LogP contribution in [0.15, 0.2) is 18.3 Å². The minimum absolute atomic E-state index is 0.0328. The number of hydrogen-bond donors (Lipinski definition) is 3. The van der Waals surface area contributed by atoms with E-state index in [1.807, 2.05) is 12.1 Å². The average Bonchev–Trinajstić information content (AvgIpc) is 3.30. The van der Waals surface area contributed by atoms with Gasteiger partial charge in [0.1, 0.15) is 0 Å². The van der Waals surface area contributed by atoms with Crippen molar-refractivity contribution in [3.8, 4) is 0 Å². The molecule has 116 valence electrons. The van der Waals surface area contributed by atoms with Crippen LogP contribution in [0.5, 0.6) is 0 Å². The number of pyridine rings is 1. The zero-order chi connectivity index (χ0) is 15.9. The van der Waals surface area contributed by atoms with E-state index in [-0.39, 0.29) is 24.5 Å². The lowest BCUT2D eigenvalue weighted by atomic mass is 9.94. The number of carbonyl (C=O) groups is 1. The minimum atomic E-state index is -0.160. The predicted octanol–water partition coefficient (Wildman–Crippen LogP) is 2.32. The molecule has 0 unspecified atom stereocenters. The summed E-state index contributed by atoms with van der Waals surface area (Å²) in [6, 6.07) is 4.08. The largest absolute Gasteiger partial charge is 0.397 e. The molecule has 0 saturated heterocycles. The molecule has 0 radical (unpaired) electrons. The Hall–Kier alpha value is -2.14. The zero-order valence-electron chi connectivity index (χ0n) is 12.9. The van der Waals surface area contributed by atoms with E-state index in [1.54, 1.807) is 0 Å². The lowest BCUT2D eigenvalue weighted by molar-refractivity contribution is 0.0952. The standard InChI is InChI=1S/C17H21N3O2/c1-9(2)12-6-13-15(5-10(12)8-21)19-7-14(16(13)18)17(22)20-11-3-4-11/h5-7,9,11,21H,3-4,8H2,1-2H3,(H2,18,19)(H,20,22). The molecule has 5 heteroatoms. The number of aliphatic hydroxyl groups is 1. The molecule has 1 aromatic heterocycles. The van der Waals surface area contributed by atoms with E-state index in [1.165, 1.54) is 6.20 Å². The van der Waals surface area contributed by atoms with Crippen LogP contribution in [0.2, 0.25) is 0 Å². The average molecular weight is 299 g/mol. The molecule has 5 nitrogen and oxygen atoms in total. The number of amides is 1. The van der Waals surface area contributed by atoms with E-state index in [9.17, 15) is 9.90 Å². The van der Waals surface area contributed by atoms with Gasteiger partial charge >= 0.3 is 0 Å². The van der Waals surface area contributed by atoms with Crippen LogP contribution in [0.3, 0.4) is 0 Å². The Morgan fingerprint density at radius 2 is 2.18 bits per heavy atom. The van der Waals surface area contributed by atoms with E-state index < -0.39 is 0 Å². The summed E-state index contributed by atoms with van der Waals surface area (Å²) in [7, 11) is 0. The first kappa shape index (κ1) is 14.8. The van der Waals surface area contributed by atoms with Crippen LogP contribution in [0, 0.1) is 0 Å². The van der Waals surface area contributed by atoms with Gasteiger partial charge in [-0.2, -0.15) is 0 Å². The van der Waals surface area contributed by atoms with Crippen molar-refractivity contribution < 1.29 is 9.90 Å². The predicted molar refractivity (Wildman–Crippen MR) is 86.7 cm³/mol. The van der Waals surface area contributed by atoms with Crippen LogP contribution in [0.4, 0.5) is 5.69 Å². The molecular weight excluding hydrogens is 278 g/mol. The van der Waals surface area contributed by atoms with Crippen LogP contribution in [0.25, 0.3) is 10.9 Å². The minimum Gasteiger partial charge on any atom is -0.397 e. The quantitative estimate of drug-likeness (QED) is 0.808. The number of rotatable bonds is 4. The fourth-order valence-corrected chi connectivity index (χ4v) is 2.67. The number of aliphatic hydroxyl groups excluding tert-OH is 1. The van der Waals surface area contributed by atoms with Gasteiger partial charge in [0.25, 0.3) is 5.91 Å². The molecular formula is C17H21N3O2. The van der Waals surface area contributed by atoms with E-state index in [0.717, 1.165) is 29.4 Å². The van der Waals surface area contributed by atoms with Crippen LogP contribution < -0.4 is 11.1 Å². The van der Waals surface area contributed by atoms with Crippen molar-refractivity contribution in [3.63, 3.8) is 0 Å². The van der Waals surface area contributed by atoms with Gasteiger partial charge in [-0.05, 0) is 42.0 Å².